The van der Waals surface area contributed by atoms with Gasteiger partial charge < -0.3 is 15.5 Å². The molecular weight excluding hydrogens is 395 g/mol. The molecule has 0 saturated carbocycles. The predicted molar refractivity (Wildman–Crippen MR) is 95.8 cm³/mol. The molecule has 4 nitrogen and oxygen atoms in total. The van der Waals surface area contributed by atoms with Crippen molar-refractivity contribution in [2.24, 2.45) is 0 Å². The Morgan fingerprint density at radius 2 is 1.72 bits per heavy atom. The molecule has 9 heteroatoms. The van der Waals surface area contributed by atoms with Gasteiger partial charge in [0.1, 0.15) is 23.1 Å². The van der Waals surface area contributed by atoms with Crippen LogP contribution in [0.3, 0.4) is 0 Å². The summed E-state index contributed by atoms with van der Waals surface area (Å²) in [7, 11) is 0. The number of furan rings is 1. The largest absolute Gasteiger partial charge is 0.451 e. The number of hydrogen-bond donors (Lipinski definition) is 2. The summed E-state index contributed by atoms with van der Waals surface area (Å²) in [4.78, 5) is 12.3. The molecule has 1 aromatic heterocycles. The van der Waals surface area contributed by atoms with Crippen LogP contribution in [0, 0.1) is 11.6 Å². The number of benzene rings is 2. The van der Waals surface area contributed by atoms with E-state index in [1.54, 1.807) is 0 Å². The van der Waals surface area contributed by atoms with Crippen LogP contribution in [0.4, 0.5) is 27.6 Å². The van der Waals surface area contributed by atoms with E-state index in [0.717, 1.165) is 24.3 Å². The Hall–Kier alpha value is -3.36. The van der Waals surface area contributed by atoms with Gasteiger partial charge in [-0.05, 0) is 48.9 Å². The zero-order valence-corrected chi connectivity index (χ0v) is 15.0. The van der Waals surface area contributed by atoms with Crippen molar-refractivity contribution in [2.45, 2.75) is 19.1 Å². The van der Waals surface area contributed by atoms with Crippen molar-refractivity contribution < 1.29 is 31.2 Å². The van der Waals surface area contributed by atoms with E-state index in [1.165, 1.54) is 31.2 Å². The van der Waals surface area contributed by atoms with Gasteiger partial charge in [-0.3, -0.25) is 4.79 Å². The number of nitrogens with one attached hydrogen (secondary N) is 1. The second-order valence-corrected chi connectivity index (χ2v) is 6.34. The van der Waals surface area contributed by atoms with Gasteiger partial charge in [0.2, 0.25) is 0 Å². The van der Waals surface area contributed by atoms with Crippen LogP contribution < -0.4 is 11.1 Å². The lowest BCUT2D eigenvalue weighted by Crippen LogP contribution is -2.26. The van der Waals surface area contributed by atoms with E-state index in [0.29, 0.717) is 0 Å². The summed E-state index contributed by atoms with van der Waals surface area (Å²) in [6, 6.07) is 8.34. The maximum absolute atomic E-state index is 13.6. The zero-order valence-electron chi connectivity index (χ0n) is 15.0. The predicted octanol–water partition coefficient (Wildman–Crippen LogP) is 5.32. The normalized spacial score (nSPS) is 12.6. The Morgan fingerprint density at radius 1 is 1.07 bits per heavy atom. The third-order valence-corrected chi connectivity index (χ3v) is 4.25. The molecule has 3 aromatic rings. The number of hydrogen-bond acceptors (Lipinski definition) is 3. The molecule has 3 N–H and O–H groups in total. The van der Waals surface area contributed by atoms with Gasteiger partial charge in [0.15, 0.2) is 5.76 Å². The van der Waals surface area contributed by atoms with E-state index >= 15 is 0 Å². The summed E-state index contributed by atoms with van der Waals surface area (Å²) in [6.45, 7) is 1.50. The highest BCUT2D eigenvalue weighted by atomic mass is 19.4. The number of alkyl halides is 3. The smallest absolute Gasteiger partial charge is 0.416 e. The molecule has 1 amide bonds. The molecular formula is C20H15F5N2O2. The fraction of sp³-hybridized carbons (Fsp3) is 0.150. The third kappa shape index (κ3) is 4.39. The molecule has 1 atom stereocenters. The average molecular weight is 410 g/mol. The molecule has 3 rings (SSSR count). The van der Waals surface area contributed by atoms with Gasteiger partial charge in [-0.2, -0.15) is 13.2 Å². The Bertz CT molecular complexity index is 1040. The number of amides is 1. The van der Waals surface area contributed by atoms with E-state index in [9.17, 15) is 26.7 Å². The molecule has 0 aliphatic rings. The van der Waals surface area contributed by atoms with Crippen LogP contribution in [0.25, 0.3) is 11.3 Å². The second-order valence-electron chi connectivity index (χ2n) is 6.34. The molecule has 0 radical (unpaired) electrons. The molecule has 0 saturated heterocycles. The fourth-order valence-corrected chi connectivity index (χ4v) is 2.67. The first-order chi connectivity index (χ1) is 13.6. The van der Waals surface area contributed by atoms with Crippen LogP contribution in [0.2, 0.25) is 0 Å². The number of rotatable bonds is 4. The van der Waals surface area contributed by atoms with Crippen molar-refractivity contribution in [3.63, 3.8) is 0 Å². The molecule has 0 aliphatic heterocycles. The Morgan fingerprint density at radius 3 is 2.34 bits per heavy atom. The first-order valence-corrected chi connectivity index (χ1v) is 8.39. The molecule has 0 bridgehead atoms. The minimum absolute atomic E-state index is 0.0680. The van der Waals surface area contributed by atoms with E-state index < -0.39 is 41.0 Å². The van der Waals surface area contributed by atoms with Crippen LogP contribution in [0.5, 0.6) is 0 Å². The van der Waals surface area contributed by atoms with Crippen molar-refractivity contribution in [3.05, 3.63) is 77.1 Å². The van der Waals surface area contributed by atoms with Crippen LogP contribution in [-0.4, -0.2) is 5.91 Å². The average Bonchev–Trinajstić information content (AvgIpc) is 3.15. The van der Waals surface area contributed by atoms with Crippen molar-refractivity contribution >= 4 is 11.6 Å². The highest BCUT2D eigenvalue weighted by molar-refractivity contribution is 5.92. The van der Waals surface area contributed by atoms with Crippen molar-refractivity contribution in [2.75, 3.05) is 5.73 Å². The summed E-state index contributed by atoms with van der Waals surface area (Å²) in [5, 5.41) is 2.50. The van der Waals surface area contributed by atoms with Crippen LogP contribution >= 0.6 is 0 Å². The maximum atomic E-state index is 13.6. The number of anilines is 1. The van der Waals surface area contributed by atoms with E-state index in [-0.39, 0.29) is 22.6 Å². The van der Waals surface area contributed by atoms with Crippen molar-refractivity contribution in [1.82, 2.24) is 5.32 Å². The van der Waals surface area contributed by atoms with Gasteiger partial charge in [0.05, 0.1) is 11.6 Å². The fourth-order valence-electron chi connectivity index (χ4n) is 2.67. The van der Waals surface area contributed by atoms with Gasteiger partial charge in [-0.15, -0.1) is 0 Å². The van der Waals surface area contributed by atoms with Crippen molar-refractivity contribution in [1.29, 1.82) is 0 Å². The first-order valence-electron chi connectivity index (χ1n) is 8.39. The number of halogens is 5. The van der Waals surface area contributed by atoms with Gasteiger partial charge in [-0.1, -0.05) is 12.1 Å². The molecule has 0 unspecified atom stereocenters. The minimum atomic E-state index is -4.51. The molecule has 0 spiro atoms. The maximum Gasteiger partial charge on any atom is 0.416 e. The zero-order chi connectivity index (χ0) is 21.3. The van der Waals surface area contributed by atoms with E-state index in [1.807, 2.05) is 0 Å². The van der Waals surface area contributed by atoms with Crippen LogP contribution in [-0.2, 0) is 6.18 Å². The minimum Gasteiger partial charge on any atom is -0.451 e. The molecule has 0 fully saturated rings. The summed E-state index contributed by atoms with van der Waals surface area (Å²) in [5.74, 6) is -2.70. The molecule has 1 heterocycles. The van der Waals surface area contributed by atoms with Gasteiger partial charge in [0, 0.05) is 5.56 Å². The highest BCUT2D eigenvalue weighted by Crippen LogP contribution is 2.32. The standard InChI is InChI=1S/C20H15F5N2O2/c1-10(12-8-14(21)18(26)15(22)9-12)27-19(28)17-6-5-16(29-17)11-3-2-4-13(7-11)20(23,24)25/h2-10H,26H2,1H3,(H,27,28)/t10-/m0/s1. The lowest BCUT2D eigenvalue weighted by atomic mass is 10.1. The number of nitrogen functional groups attached to an aromatic ring is 1. The van der Waals surface area contributed by atoms with Gasteiger partial charge in [0.25, 0.3) is 5.91 Å². The lowest BCUT2D eigenvalue weighted by Gasteiger charge is -2.14. The van der Waals surface area contributed by atoms with Gasteiger partial charge in [-0.25, -0.2) is 8.78 Å². The topological polar surface area (TPSA) is 68.3 Å². The summed E-state index contributed by atoms with van der Waals surface area (Å²) >= 11 is 0. The summed E-state index contributed by atoms with van der Waals surface area (Å²) in [6.07, 6.45) is -4.51. The van der Waals surface area contributed by atoms with E-state index in [2.05, 4.69) is 5.32 Å². The molecule has 29 heavy (non-hydrogen) atoms. The molecule has 2 aromatic carbocycles. The Balaban J connectivity index is 1.78. The summed E-state index contributed by atoms with van der Waals surface area (Å²) in [5.41, 5.74) is 4.04. The monoisotopic (exact) mass is 410 g/mol. The van der Waals surface area contributed by atoms with Crippen LogP contribution in [0.15, 0.2) is 52.9 Å². The summed E-state index contributed by atoms with van der Waals surface area (Å²) < 4.78 is 71.1. The highest BCUT2D eigenvalue weighted by Gasteiger charge is 2.30. The third-order valence-electron chi connectivity index (χ3n) is 4.25. The number of carbonyl (C=O) groups is 1. The quantitative estimate of drug-likeness (QED) is 0.452. The Kier molecular flexibility index (Phi) is 5.32. The van der Waals surface area contributed by atoms with Crippen molar-refractivity contribution in [3.8, 4) is 11.3 Å². The molecule has 0 aliphatic carbocycles. The van der Waals surface area contributed by atoms with E-state index in [4.69, 9.17) is 10.2 Å². The second kappa shape index (κ2) is 7.57. The Labute approximate surface area is 162 Å². The number of nitrogens with two attached hydrogens (primary N) is 1. The SMILES string of the molecule is C[C@H](NC(=O)c1ccc(-c2cccc(C(F)(F)F)c2)o1)c1cc(F)c(N)c(F)c1. The lowest BCUT2D eigenvalue weighted by molar-refractivity contribution is -0.137. The number of carbonyl (C=O) groups excluding carboxylic acids is 1. The molecule has 152 valence electrons. The van der Waals surface area contributed by atoms with Crippen LogP contribution in [0.1, 0.15) is 34.6 Å². The first kappa shape index (κ1) is 20.4. The van der Waals surface area contributed by atoms with Gasteiger partial charge >= 0.3 is 6.18 Å².